The van der Waals surface area contributed by atoms with E-state index in [0.29, 0.717) is 24.8 Å². The lowest BCUT2D eigenvalue weighted by molar-refractivity contribution is -0.267. The van der Waals surface area contributed by atoms with Crippen molar-refractivity contribution in [3.63, 3.8) is 0 Å². The summed E-state index contributed by atoms with van der Waals surface area (Å²) in [5.41, 5.74) is 0.924. The predicted molar refractivity (Wildman–Crippen MR) is 129 cm³/mol. The number of hydrogen-bond donors (Lipinski definition) is 3. The molecule has 4 bridgehead atoms. The SMILES string of the molecule is COC(=O)/C=C/C(=O)NC[C@H]1C[C@@]23CC[C@]1(O)[C@@H]1Oc4c(O)ccc5c4[C@@]12CCN(CC1CC1)C3C5. The van der Waals surface area contributed by atoms with Crippen LogP contribution in [0.4, 0.5) is 0 Å². The van der Waals surface area contributed by atoms with Crippen molar-refractivity contribution in [2.45, 2.75) is 68.1 Å². The van der Waals surface area contributed by atoms with Crippen molar-refractivity contribution in [3.05, 3.63) is 35.4 Å². The molecule has 2 aliphatic heterocycles. The van der Waals surface area contributed by atoms with Crippen molar-refractivity contribution in [2.24, 2.45) is 17.3 Å². The van der Waals surface area contributed by atoms with E-state index >= 15 is 0 Å². The molecule has 1 aromatic carbocycles. The van der Waals surface area contributed by atoms with E-state index in [4.69, 9.17) is 4.74 Å². The molecule has 6 atom stereocenters. The number of carbonyl (C=O) groups excluding carboxylic acids is 2. The van der Waals surface area contributed by atoms with Gasteiger partial charge in [0, 0.05) is 53.6 Å². The molecule has 8 nitrogen and oxygen atoms in total. The van der Waals surface area contributed by atoms with Gasteiger partial charge < -0.3 is 25.0 Å². The number of rotatable bonds is 6. The van der Waals surface area contributed by atoms with Gasteiger partial charge in [-0.05, 0) is 69.0 Å². The van der Waals surface area contributed by atoms with Crippen LogP contribution in [0.5, 0.6) is 11.5 Å². The number of nitrogens with one attached hydrogen (secondary N) is 1. The van der Waals surface area contributed by atoms with E-state index in [-0.39, 0.29) is 28.4 Å². The van der Waals surface area contributed by atoms with Crippen molar-refractivity contribution < 1.29 is 29.3 Å². The van der Waals surface area contributed by atoms with Gasteiger partial charge in [0.2, 0.25) is 5.91 Å². The number of fused-ring (bicyclic) bond motifs is 2. The van der Waals surface area contributed by atoms with Crippen molar-refractivity contribution in [1.29, 1.82) is 0 Å². The van der Waals surface area contributed by atoms with Crippen LogP contribution in [0.2, 0.25) is 0 Å². The lowest BCUT2D eigenvalue weighted by Gasteiger charge is -2.73. The van der Waals surface area contributed by atoms with Gasteiger partial charge in [-0.15, -0.1) is 0 Å². The molecular formula is C28H34N2O6. The number of carbonyl (C=O) groups is 2. The number of methoxy groups -OCH3 is 1. The zero-order valence-electron chi connectivity index (χ0n) is 20.7. The number of phenolic OH excluding ortho intramolecular Hbond substituents is 1. The second-order valence-electron chi connectivity index (χ2n) is 12.0. The number of likely N-dealkylation sites (tertiary alicyclic amines) is 1. The standard InChI is InChI=1S/C28H34N2O6/c1-35-22(33)7-6-21(32)29-14-18-13-26-8-9-28(18,34)25-27(26)10-11-30(15-16-2-3-16)20(26)12-17-4-5-19(31)24(36-25)23(17)27/h4-7,16,18,20,25,31,34H,2-3,8-15H2,1H3,(H,29,32)/b7-6+/t18-,20?,25-,26-,27+,28-/m1/s1. The molecule has 5 aliphatic carbocycles. The Morgan fingerprint density at radius 1 is 1.25 bits per heavy atom. The summed E-state index contributed by atoms with van der Waals surface area (Å²) < 4.78 is 11.2. The Morgan fingerprint density at radius 3 is 2.86 bits per heavy atom. The first-order valence-corrected chi connectivity index (χ1v) is 13.3. The number of piperidine rings is 1. The monoisotopic (exact) mass is 494 g/mol. The number of phenols is 1. The van der Waals surface area contributed by atoms with Gasteiger partial charge in [0.1, 0.15) is 11.7 Å². The molecule has 2 spiro atoms. The fourth-order valence-electron chi connectivity index (χ4n) is 8.93. The Morgan fingerprint density at radius 2 is 2.08 bits per heavy atom. The smallest absolute Gasteiger partial charge is 0.330 e. The lowest BCUT2D eigenvalue weighted by atomic mass is 9.35. The predicted octanol–water partition coefficient (Wildman–Crippen LogP) is 1.81. The Hall–Kier alpha value is -2.58. The van der Waals surface area contributed by atoms with E-state index in [2.05, 4.69) is 21.0 Å². The molecule has 1 saturated heterocycles. The minimum Gasteiger partial charge on any atom is -0.504 e. The molecule has 3 N–H and O–H groups in total. The normalized spacial score (nSPS) is 39.6. The molecule has 4 saturated carbocycles. The van der Waals surface area contributed by atoms with E-state index in [1.165, 1.54) is 31.6 Å². The Balaban J connectivity index is 1.27. The highest BCUT2D eigenvalue weighted by molar-refractivity contribution is 5.94. The van der Waals surface area contributed by atoms with Gasteiger partial charge in [-0.2, -0.15) is 0 Å². The van der Waals surface area contributed by atoms with Gasteiger partial charge in [0.15, 0.2) is 11.5 Å². The van der Waals surface area contributed by atoms with Crippen LogP contribution >= 0.6 is 0 Å². The fraction of sp³-hybridized carbons (Fsp3) is 0.643. The summed E-state index contributed by atoms with van der Waals surface area (Å²) in [6, 6.07) is 4.18. The molecule has 2 heterocycles. The van der Waals surface area contributed by atoms with E-state index in [0.717, 1.165) is 56.3 Å². The second kappa shape index (κ2) is 7.48. The number of nitrogens with zero attached hydrogens (tertiary/aromatic N) is 1. The molecule has 8 rings (SSSR count). The molecule has 1 amide bonds. The molecule has 1 aromatic rings. The van der Waals surface area contributed by atoms with Crippen LogP contribution in [0.15, 0.2) is 24.3 Å². The maximum Gasteiger partial charge on any atom is 0.330 e. The van der Waals surface area contributed by atoms with E-state index in [9.17, 15) is 19.8 Å². The number of benzene rings is 1. The quantitative estimate of drug-likeness (QED) is 0.409. The average molecular weight is 495 g/mol. The molecule has 5 fully saturated rings. The maximum absolute atomic E-state index is 12.4. The molecule has 7 aliphatic rings. The van der Waals surface area contributed by atoms with Gasteiger partial charge in [-0.25, -0.2) is 4.79 Å². The van der Waals surface area contributed by atoms with Gasteiger partial charge >= 0.3 is 5.97 Å². The van der Waals surface area contributed by atoms with E-state index < -0.39 is 17.7 Å². The molecule has 0 radical (unpaired) electrons. The topological polar surface area (TPSA) is 108 Å². The van der Waals surface area contributed by atoms with Gasteiger partial charge in [0.05, 0.1) is 7.11 Å². The van der Waals surface area contributed by atoms with Gasteiger partial charge in [-0.1, -0.05) is 6.07 Å². The maximum atomic E-state index is 12.4. The van der Waals surface area contributed by atoms with Crippen molar-refractivity contribution in [3.8, 4) is 11.5 Å². The number of hydrogen-bond acceptors (Lipinski definition) is 7. The number of amides is 1. The molecular weight excluding hydrogens is 460 g/mol. The van der Waals surface area contributed by atoms with Crippen LogP contribution in [-0.2, 0) is 26.2 Å². The summed E-state index contributed by atoms with van der Waals surface area (Å²) in [4.78, 5) is 26.5. The molecule has 0 aromatic heterocycles. The lowest BCUT2D eigenvalue weighted by Crippen LogP contribution is -2.81. The largest absolute Gasteiger partial charge is 0.504 e. The Bertz CT molecular complexity index is 1180. The number of aromatic hydroxyl groups is 1. The first-order valence-electron chi connectivity index (χ1n) is 13.3. The van der Waals surface area contributed by atoms with E-state index in [1.54, 1.807) is 6.07 Å². The highest BCUT2D eigenvalue weighted by Gasteiger charge is 2.80. The number of aliphatic hydroxyl groups is 1. The molecule has 8 heteroatoms. The third-order valence-electron chi connectivity index (χ3n) is 10.6. The number of ether oxygens (including phenoxy) is 2. The zero-order chi connectivity index (χ0) is 24.9. The third-order valence-corrected chi connectivity index (χ3v) is 10.6. The zero-order valence-corrected chi connectivity index (χ0v) is 20.7. The first-order chi connectivity index (χ1) is 17.3. The molecule has 1 unspecified atom stereocenters. The van der Waals surface area contributed by atoms with Crippen molar-refractivity contribution >= 4 is 11.9 Å². The summed E-state index contributed by atoms with van der Waals surface area (Å²) >= 11 is 0. The summed E-state index contributed by atoms with van der Waals surface area (Å²) in [5.74, 6) is 0.381. The van der Waals surface area contributed by atoms with E-state index in [1.807, 2.05) is 0 Å². The minimum atomic E-state index is -1.11. The van der Waals surface area contributed by atoms with Crippen molar-refractivity contribution in [1.82, 2.24) is 10.2 Å². The van der Waals surface area contributed by atoms with Crippen LogP contribution in [-0.4, -0.2) is 71.5 Å². The van der Waals surface area contributed by atoms with Crippen LogP contribution in [0.1, 0.15) is 49.7 Å². The third kappa shape index (κ3) is 2.77. The van der Waals surface area contributed by atoms with Gasteiger partial charge in [0.25, 0.3) is 0 Å². The minimum absolute atomic E-state index is 0.0709. The summed E-state index contributed by atoms with van der Waals surface area (Å²) in [6.07, 6.45) is 8.69. The summed E-state index contributed by atoms with van der Waals surface area (Å²) in [7, 11) is 1.27. The Kier molecular flexibility index (Phi) is 4.70. The molecule has 36 heavy (non-hydrogen) atoms. The van der Waals surface area contributed by atoms with Crippen molar-refractivity contribution in [2.75, 3.05) is 26.7 Å². The summed E-state index contributed by atoms with van der Waals surface area (Å²) in [6.45, 7) is 2.44. The fourth-order valence-corrected chi connectivity index (χ4v) is 8.93. The van der Waals surface area contributed by atoms with Gasteiger partial charge in [-0.3, -0.25) is 9.69 Å². The highest BCUT2D eigenvalue weighted by atomic mass is 16.5. The molecule has 192 valence electrons. The number of esters is 1. The van der Waals surface area contributed by atoms with Crippen LogP contribution in [0.25, 0.3) is 0 Å². The first kappa shape index (κ1) is 22.6. The van der Waals surface area contributed by atoms with Crippen LogP contribution < -0.4 is 10.1 Å². The average Bonchev–Trinajstić information content (AvgIpc) is 3.61. The Labute approximate surface area is 210 Å². The van der Waals surface area contributed by atoms with Crippen LogP contribution in [0.3, 0.4) is 0 Å². The highest BCUT2D eigenvalue weighted by Crippen LogP contribution is 2.76. The second-order valence-corrected chi connectivity index (χ2v) is 12.0. The summed E-state index contributed by atoms with van der Waals surface area (Å²) in [5, 5.41) is 26.0. The van der Waals surface area contributed by atoms with Crippen LogP contribution in [0, 0.1) is 17.3 Å².